The molecule has 0 saturated heterocycles. The minimum absolute atomic E-state index is 0.143. The van der Waals surface area contributed by atoms with E-state index in [1.807, 2.05) is 31.5 Å². The highest BCUT2D eigenvalue weighted by Crippen LogP contribution is 2.22. The number of nitrogens with zero attached hydrogens (tertiary/aromatic N) is 1. The van der Waals surface area contributed by atoms with Crippen LogP contribution in [0.25, 0.3) is 0 Å². The number of nitrogens with one attached hydrogen (secondary N) is 1. The molecule has 5 heteroatoms. The summed E-state index contributed by atoms with van der Waals surface area (Å²) in [5, 5.41) is 2.62. The third-order valence-electron chi connectivity index (χ3n) is 2.97. The maximum absolute atomic E-state index is 13.7. The van der Waals surface area contributed by atoms with E-state index in [1.165, 1.54) is 6.07 Å². The lowest BCUT2D eigenvalue weighted by Gasteiger charge is -2.13. The van der Waals surface area contributed by atoms with E-state index in [4.69, 9.17) is 0 Å². The SMILES string of the molecule is Cc1ccc(F)c(NC(=O)c2cc(Br)cn2C(C)C)c1. The summed E-state index contributed by atoms with van der Waals surface area (Å²) in [6.07, 6.45) is 1.84. The Morgan fingerprint density at radius 2 is 2.05 bits per heavy atom. The highest BCUT2D eigenvalue weighted by molar-refractivity contribution is 9.10. The van der Waals surface area contributed by atoms with Gasteiger partial charge in [-0.05, 0) is 60.5 Å². The van der Waals surface area contributed by atoms with Crippen molar-refractivity contribution >= 4 is 27.5 Å². The Morgan fingerprint density at radius 1 is 1.35 bits per heavy atom. The van der Waals surface area contributed by atoms with Gasteiger partial charge in [-0.3, -0.25) is 4.79 Å². The van der Waals surface area contributed by atoms with Crippen LogP contribution in [-0.4, -0.2) is 10.5 Å². The Labute approximate surface area is 125 Å². The first-order valence-electron chi connectivity index (χ1n) is 6.33. The van der Waals surface area contributed by atoms with E-state index in [1.54, 1.807) is 18.2 Å². The second-order valence-corrected chi connectivity index (χ2v) is 5.90. The van der Waals surface area contributed by atoms with Gasteiger partial charge < -0.3 is 9.88 Å². The number of hydrogen-bond donors (Lipinski definition) is 1. The number of aryl methyl sites for hydroxylation is 1. The van der Waals surface area contributed by atoms with Gasteiger partial charge in [0.05, 0.1) is 5.69 Å². The minimum atomic E-state index is -0.439. The van der Waals surface area contributed by atoms with Crippen LogP contribution >= 0.6 is 15.9 Å². The van der Waals surface area contributed by atoms with Crippen LogP contribution in [0.3, 0.4) is 0 Å². The number of halogens is 2. The summed E-state index contributed by atoms with van der Waals surface area (Å²) < 4.78 is 16.3. The molecule has 0 fully saturated rings. The Balaban J connectivity index is 2.31. The van der Waals surface area contributed by atoms with Crippen molar-refractivity contribution in [1.82, 2.24) is 4.57 Å². The van der Waals surface area contributed by atoms with Crippen LogP contribution in [0.5, 0.6) is 0 Å². The van der Waals surface area contributed by atoms with Gasteiger partial charge >= 0.3 is 0 Å². The van der Waals surface area contributed by atoms with Gasteiger partial charge in [0.2, 0.25) is 0 Å². The standard InChI is InChI=1S/C15H16BrFN2O/c1-9(2)19-8-11(16)7-14(19)15(20)18-13-6-10(3)4-5-12(13)17/h4-9H,1-3H3,(H,18,20). The van der Waals surface area contributed by atoms with Gasteiger partial charge in [0, 0.05) is 16.7 Å². The predicted molar refractivity (Wildman–Crippen MR) is 81.6 cm³/mol. The summed E-state index contributed by atoms with van der Waals surface area (Å²) in [6.45, 7) is 5.81. The molecule has 20 heavy (non-hydrogen) atoms. The fourth-order valence-electron chi connectivity index (χ4n) is 1.98. The highest BCUT2D eigenvalue weighted by Gasteiger charge is 2.16. The molecule has 106 valence electrons. The zero-order chi connectivity index (χ0) is 14.9. The zero-order valence-electron chi connectivity index (χ0n) is 11.6. The van der Waals surface area contributed by atoms with Crippen molar-refractivity contribution in [2.24, 2.45) is 0 Å². The smallest absolute Gasteiger partial charge is 0.272 e. The average molecular weight is 339 g/mol. The van der Waals surface area contributed by atoms with Crippen LogP contribution in [0.15, 0.2) is 34.9 Å². The monoisotopic (exact) mass is 338 g/mol. The number of hydrogen-bond acceptors (Lipinski definition) is 1. The quantitative estimate of drug-likeness (QED) is 0.876. The third kappa shape index (κ3) is 3.10. The van der Waals surface area contributed by atoms with Gasteiger partial charge in [0.1, 0.15) is 11.5 Å². The lowest BCUT2D eigenvalue weighted by molar-refractivity contribution is 0.101. The van der Waals surface area contributed by atoms with Crippen LogP contribution in [-0.2, 0) is 0 Å². The van der Waals surface area contributed by atoms with Crippen molar-refractivity contribution in [2.75, 3.05) is 5.32 Å². The second-order valence-electron chi connectivity index (χ2n) is 4.98. The molecule has 0 saturated carbocycles. The number of carbonyl (C=O) groups is 1. The number of benzene rings is 1. The molecule has 0 unspecified atom stereocenters. The summed E-state index contributed by atoms with van der Waals surface area (Å²) in [7, 11) is 0. The maximum atomic E-state index is 13.7. The molecule has 0 bridgehead atoms. The lowest BCUT2D eigenvalue weighted by atomic mass is 10.2. The molecular weight excluding hydrogens is 323 g/mol. The Bertz CT molecular complexity index is 649. The molecular formula is C15H16BrFN2O. The molecule has 1 amide bonds. The summed E-state index contributed by atoms with van der Waals surface area (Å²) in [5.74, 6) is -0.764. The summed E-state index contributed by atoms with van der Waals surface area (Å²) in [5.41, 5.74) is 1.58. The van der Waals surface area contributed by atoms with Crippen LogP contribution in [0.2, 0.25) is 0 Å². The van der Waals surface area contributed by atoms with Crippen LogP contribution in [0.4, 0.5) is 10.1 Å². The fraction of sp³-hybridized carbons (Fsp3) is 0.267. The van der Waals surface area contributed by atoms with Gasteiger partial charge in [-0.1, -0.05) is 6.07 Å². The molecule has 0 aliphatic rings. The number of anilines is 1. The van der Waals surface area contributed by atoms with E-state index in [-0.39, 0.29) is 17.6 Å². The van der Waals surface area contributed by atoms with Crippen LogP contribution in [0.1, 0.15) is 35.9 Å². The predicted octanol–water partition coefficient (Wildman–Crippen LogP) is 4.53. The third-order valence-corrected chi connectivity index (χ3v) is 3.41. The van der Waals surface area contributed by atoms with Crippen molar-refractivity contribution in [3.05, 3.63) is 52.0 Å². The number of rotatable bonds is 3. The van der Waals surface area contributed by atoms with E-state index < -0.39 is 5.82 Å². The van der Waals surface area contributed by atoms with Gasteiger partial charge in [0.25, 0.3) is 5.91 Å². The second kappa shape index (κ2) is 5.79. The Morgan fingerprint density at radius 3 is 2.70 bits per heavy atom. The highest BCUT2D eigenvalue weighted by atomic mass is 79.9. The van der Waals surface area contributed by atoms with E-state index in [0.29, 0.717) is 5.69 Å². The first-order valence-corrected chi connectivity index (χ1v) is 7.12. The Kier molecular flexibility index (Phi) is 4.28. The van der Waals surface area contributed by atoms with Crippen molar-refractivity contribution in [2.45, 2.75) is 26.8 Å². The molecule has 1 N–H and O–H groups in total. The lowest BCUT2D eigenvalue weighted by Crippen LogP contribution is -2.18. The average Bonchev–Trinajstić information content (AvgIpc) is 2.76. The molecule has 2 rings (SSSR count). The first-order chi connectivity index (χ1) is 9.38. The summed E-state index contributed by atoms with van der Waals surface area (Å²) in [6, 6.07) is 6.50. The fourth-order valence-corrected chi connectivity index (χ4v) is 2.41. The molecule has 1 aromatic carbocycles. The first kappa shape index (κ1) is 14.8. The molecule has 2 aromatic rings. The van der Waals surface area contributed by atoms with Crippen LogP contribution in [0, 0.1) is 12.7 Å². The van der Waals surface area contributed by atoms with Crippen LogP contribution < -0.4 is 5.32 Å². The summed E-state index contributed by atoms with van der Waals surface area (Å²) in [4.78, 5) is 12.3. The zero-order valence-corrected chi connectivity index (χ0v) is 13.2. The van der Waals surface area contributed by atoms with Crippen molar-refractivity contribution in [3.8, 4) is 0 Å². The van der Waals surface area contributed by atoms with E-state index in [0.717, 1.165) is 10.0 Å². The molecule has 0 aliphatic carbocycles. The topological polar surface area (TPSA) is 34.0 Å². The molecule has 0 radical (unpaired) electrons. The van der Waals surface area contributed by atoms with Gasteiger partial charge in [0.15, 0.2) is 0 Å². The van der Waals surface area contributed by atoms with Gasteiger partial charge in [-0.2, -0.15) is 0 Å². The van der Waals surface area contributed by atoms with E-state index in [2.05, 4.69) is 21.2 Å². The maximum Gasteiger partial charge on any atom is 0.272 e. The summed E-state index contributed by atoms with van der Waals surface area (Å²) >= 11 is 3.36. The molecule has 1 aromatic heterocycles. The normalized spacial score (nSPS) is 10.9. The molecule has 3 nitrogen and oxygen atoms in total. The molecule has 1 heterocycles. The Hall–Kier alpha value is -1.62. The largest absolute Gasteiger partial charge is 0.340 e. The molecule has 0 aliphatic heterocycles. The minimum Gasteiger partial charge on any atom is -0.340 e. The van der Waals surface area contributed by atoms with Crippen molar-refractivity contribution in [1.29, 1.82) is 0 Å². The van der Waals surface area contributed by atoms with Crippen molar-refractivity contribution in [3.63, 3.8) is 0 Å². The van der Waals surface area contributed by atoms with E-state index in [9.17, 15) is 9.18 Å². The van der Waals surface area contributed by atoms with Crippen molar-refractivity contribution < 1.29 is 9.18 Å². The van der Waals surface area contributed by atoms with Gasteiger partial charge in [-0.25, -0.2) is 4.39 Å². The van der Waals surface area contributed by atoms with E-state index >= 15 is 0 Å². The number of carbonyl (C=O) groups excluding carboxylic acids is 1. The molecule has 0 atom stereocenters. The number of aromatic nitrogens is 1. The van der Waals surface area contributed by atoms with Gasteiger partial charge in [-0.15, -0.1) is 0 Å². The molecule has 0 spiro atoms. The number of amides is 1.